The van der Waals surface area contributed by atoms with Crippen LogP contribution in [0.4, 0.5) is 65.9 Å². The fraction of sp³-hybridized carbons (Fsp3) is 0.733. The van der Waals surface area contributed by atoms with E-state index in [-0.39, 0.29) is 6.42 Å². The number of allylic oxidation sites excluding steroid dienone is 1. The Labute approximate surface area is 178 Å². The summed E-state index contributed by atoms with van der Waals surface area (Å²) >= 11 is 0. The maximum atomic E-state index is 13.7. The fourth-order valence-corrected chi connectivity index (χ4v) is 1.81. The molecule has 19 heteroatoms. The Morgan fingerprint density at radius 1 is 0.706 bits per heavy atom. The Morgan fingerprint density at radius 3 is 1.47 bits per heavy atom. The van der Waals surface area contributed by atoms with E-state index in [0.717, 1.165) is 0 Å². The van der Waals surface area contributed by atoms with Crippen LogP contribution >= 0.6 is 0 Å². The Bertz CT molecular complexity index is 798. The summed E-state index contributed by atoms with van der Waals surface area (Å²) < 4.78 is 200. The van der Waals surface area contributed by atoms with Crippen molar-refractivity contribution < 1.29 is 85.3 Å². The van der Waals surface area contributed by atoms with Crippen LogP contribution in [0.15, 0.2) is 11.6 Å². The summed E-state index contributed by atoms with van der Waals surface area (Å²) in [6.07, 6.45) is -8.90. The van der Waals surface area contributed by atoms with Gasteiger partial charge in [0.05, 0.1) is 6.61 Å². The summed E-state index contributed by atoms with van der Waals surface area (Å²) in [5, 5.41) is 8.42. The summed E-state index contributed by atoms with van der Waals surface area (Å²) in [6.45, 7) is -0.896. The molecule has 200 valence electrons. The van der Waals surface area contributed by atoms with Crippen LogP contribution in [0.25, 0.3) is 0 Å². The van der Waals surface area contributed by atoms with Gasteiger partial charge in [-0.1, -0.05) is 0 Å². The average Bonchev–Trinajstić information content (AvgIpc) is 2.66. The number of hydrogen-bond donors (Lipinski definition) is 1. The molecule has 0 aromatic heterocycles. The molecule has 0 aliphatic carbocycles. The van der Waals surface area contributed by atoms with Crippen molar-refractivity contribution in [1.29, 1.82) is 0 Å². The molecule has 0 aliphatic rings. The van der Waals surface area contributed by atoms with E-state index in [1.54, 1.807) is 0 Å². The highest BCUT2D eigenvalue weighted by Crippen LogP contribution is 2.62. The van der Waals surface area contributed by atoms with Crippen LogP contribution in [0, 0.1) is 0 Å². The largest absolute Gasteiger partial charge is 0.462 e. The van der Waals surface area contributed by atoms with E-state index in [1.807, 2.05) is 0 Å². The van der Waals surface area contributed by atoms with Gasteiger partial charge in [0, 0.05) is 18.6 Å². The maximum Gasteiger partial charge on any atom is 0.460 e. The smallest absolute Gasteiger partial charge is 0.460 e. The van der Waals surface area contributed by atoms with Crippen molar-refractivity contribution in [2.75, 3.05) is 13.2 Å². The monoisotopic (exact) mass is 540 g/mol. The SMILES string of the molecule is CC(=CC(=O)C(F)(F)C(F)(F)C(F)(F)C(F)(F)C(F)(F)C(F)(F)C(F)(F)F)C(=O)OCCCO. The normalized spacial score (nSPS) is 15.4. The van der Waals surface area contributed by atoms with E-state index < -0.39 is 78.3 Å². The summed E-state index contributed by atoms with van der Waals surface area (Å²) in [5.74, 6) is -54.0. The molecule has 0 radical (unpaired) electrons. The van der Waals surface area contributed by atoms with E-state index in [0.29, 0.717) is 6.92 Å². The summed E-state index contributed by atoms with van der Waals surface area (Å²) in [5.41, 5.74) is -1.37. The van der Waals surface area contributed by atoms with Gasteiger partial charge in [0.2, 0.25) is 5.78 Å². The molecule has 0 saturated heterocycles. The maximum absolute atomic E-state index is 13.7. The third kappa shape index (κ3) is 4.93. The van der Waals surface area contributed by atoms with Crippen molar-refractivity contribution in [1.82, 2.24) is 0 Å². The molecule has 0 bridgehead atoms. The predicted octanol–water partition coefficient (Wildman–Crippen LogP) is 4.80. The number of alkyl halides is 15. The molecule has 34 heavy (non-hydrogen) atoms. The minimum Gasteiger partial charge on any atom is -0.462 e. The van der Waals surface area contributed by atoms with Crippen LogP contribution in [0.1, 0.15) is 13.3 Å². The topological polar surface area (TPSA) is 63.6 Å². The molecule has 0 aliphatic heterocycles. The second-order valence-electron chi connectivity index (χ2n) is 6.35. The molecule has 4 nitrogen and oxygen atoms in total. The standard InChI is InChI=1S/C15H11F15O4/c1-6(8(33)34-4-2-3-31)5-7(32)9(16,17)10(18,19)11(20,21)12(22,23)13(24,25)14(26,27)15(28,29)30/h5,31H,2-4H2,1H3. The fourth-order valence-electron chi connectivity index (χ4n) is 1.81. The first-order chi connectivity index (χ1) is 14.8. The van der Waals surface area contributed by atoms with Gasteiger partial charge in [-0.15, -0.1) is 0 Å². The highest BCUT2D eigenvalue weighted by Gasteiger charge is 2.93. The van der Waals surface area contributed by atoms with E-state index in [9.17, 15) is 75.4 Å². The number of hydrogen-bond acceptors (Lipinski definition) is 4. The van der Waals surface area contributed by atoms with Crippen LogP contribution in [0.2, 0.25) is 0 Å². The zero-order valence-electron chi connectivity index (χ0n) is 16.0. The molecule has 0 atom stereocenters. The Balaban J connectivity index is 6.39. The molecule has 0 spiro atoms. The van der Waals surface area contributed by atoms with Crippen molar-refractivity contribution in [2.24, 2.45) is 0 Å². The number of rotatable bonds is 11. The molecule has 0 unspecified atom stereocenters. The lowest BCUT2D eigenvalue weighted by Crippen LogP contribution is -2.73. The second-order valence-corrected chi connectivity index (χ2v) is 6.35. The highest BCUT2D eigenvalue weighted by molar-refractivity contribution is 6.03. The molecule has 0 amide bonds. The summed E-state index contributed by atoms with van der Waals surface area (Å²) in [4.78, 5) is 22.6. The van der Waals surface area contributed by atoms with E-state index >= 15 is 0 Å². The minimum absolute atomic E-state index is 0.278. The average molecular weight is 540 g/mol. The number of aliphatic hydroxyl groups is 1. The molecule has 0 fully saturated rings. The van der Waals surface area contributed by atoms with Crippen LogP contribution in [-0.4, -0.2) is 71.8 Å². The molecular weight excluding hydrogens is 529 g/mol. The number of carbonyl (C=O) groups is 2. The second kappa shape index (κ2) is 9.44. The van der Waals surface area contributed by atoms with Gasteiger partial charge in [0.25, 0.3) is 0 Å². The van der Waals surface area contributed by atoms with Crippen molar-refractivity contribution in [2.45, 2.75) is 55.1 Å². The summed E-state index contributed by atoms with van der Waals surface area (Å²) in [7, 11) is 0. The van der Waals surface area contributed by atoms with Gasteiger partial charge >= 0.3 is 47.7 Å². The van der Waals surface area contributed by atoms with E-state index in [4.69, 9.17) is 5.11 Å². The highest BCUT2D eigenvalue weighted by atomic mass is 19.4. The van der Waals surface area contributed by atoms with Crippen LogP contribution in [0.5, 0.6) is 0 Å². The number of halogens is 15. The van der Waals surface area contributed by atoms with Gasteiger partial charge in [-0.2, -0.15) is 65.9 Å². The van der Waals surface area contributed by atoms with Crippen LogP contribution < -0.4 is 0 Å². The molecule has 0 heterocycles. The van der Waals surface area contributed by atoms with Gasteiger partial charge in [-0.05, 0) is 13.0 Å². The van der Waals surface area contributed by atoms with Gasteiger partial charge in [-0.3, -0.25) is 4.79 Å². The third-order valence-corrected chi connectivity index (χ3v) is 3.84. The van der Waals surface area contributed by atoms with Gasteiger partial charge in [0.15, 0.2) is 0 Å². The van der Waals surface area contributed by atoms with E-state index in [1.165, 1.54) is 0 Å². The van der Waals surface area contributed by atoms with Crippen LogP contribution in [0.3, 0.4) is 0 Å². The molecule has 0 saturated carbocycles. The Morgan fingerprint density at radius 2 is 1.09 bits per heavy atom. The van der Waals surface area contributed by atoms with Crippen molar-refractivity contribution in [3.05, 3.63) is 11.6 Å². The zero-order chi connectivity index (χ0) is 27.8. The number of ketones is 1. The summed E-state index contributed by atoms with van der Waals surface area (Å²) in [6, 6.07) is 0. The van der Waals surface area contributed by atoms with E-state index in [2.05, 4.69) is 4.74 Å². The Kier molecular flexibility index (Phi) is 8.83. The third-order valence-electron chi connectivity index (χ3n) is 3.84. The molecular formula is C15H11F15O4. The Hall–Kier alpha value is -2.21. The number of aliphatic hydroxyl groups excluding tert-OH is 1. The lowest BCUT2D eigenvalue weighted by Gasteiger charge is -2.41. The first-order valence-corrected chi connectivity index (χ1v) is 8.13. The molecule has 1 N–H and O–H groups in total. The lowest BCUT2D eigenvalue weighted by molar-refractivity contribution is -0.449. The first kappa shape index (κ1) is 31.8. The van der Waals surface area contributed by atoms with Gasteiger partial charge in [0.1, 0.15) is 0 Å². The minimum atomic E-state index is -8.52. The van der Waals surface area contributed by atoms with Crippen molar-refractivity contribution >= 4 is 11.8 Å². The van der Waals surface area contributed by atoms with Crippen molar-refractivity contribution in [3.63, 3.8) is 0 Å². The lowest BCUT2D eigenvalue weighted by atomic mass is 9.89. The van der Waals surface area contributed by atoms with Gasteiger partial charge < -0.3 is 9.84 Å². The molecule has 0 aromatic carbocycles. The first-order valence-electron chi connectivity index (χ1n) is 8.13. The number of ether oxygens (including phenoxy) is 1. The quantitative estimate of drug-likeness (QED) is 0.177. The predicted molar refractivity (Wildman–Crippen MR) is 77.2 cm³/mol. The van der Waals surface area contributed by atoms with Crippen LogP contribution in [-0.2, 0) is 14.3 Å². The van der Waals surface area contributed by atoms with Gasteiger partial charge in [-0.25, -0.2) is 4.79 Å². The molecule has 0 rings (SSSR count). The number of esters is 1. The molecule has 0 aromatic rings. The number of carbonyl (C=O) groups excluding carboxylic acids is 2. The zero-order valence-corrected chi connectivity index (χ0v) is 16.0. The van der Waals surface area contributed by atoms with Crippen molar-refractivity contribution in [3.8, 4) is 0 Å².